The second-order valence-electron chi connectivity index (χ2n) is 1.95. The molecule has 0 atom stereocenters. The Labute approximate surface area is 66.6 Å². The molecular formula is C5H6N4O3. The van der Waals surface area contributed by atoms with Crippen LogP contribution >= 0.6 is 0 Å². The molecule has 12 heavy (non-hydrogen) atoms. The minimum Gasteiger partial charge on any atom is -0.359 e. The molecule has 0 aliphatic heterocycles. The molecule has 0 saturated carbocycles. The molecule has 1 heterocycles. The summed E-state index contributed by atoms with van der Waals surface area (Å²) in [6, 6.07) is 0. The Kier molecular flexibility index (Phi) is 2.04. The molecule has 64 valence electrons. The quantitative estimate of drug-likeness (QED) is 0.469. The summed E-state index contributed by atoms with van der Waals surface area (Å²) in [5, 5.41) is 12.7. The van der Waals surface area contributed by atoms with E-state index in [9.17, 15) is 14.9 Å². The Balaban J connectivity index is 3.21. The summed E-state index contributed by atoms with van der Waals surface area (Å²) < 4.78 is 0. The van der Waals surface area contributed by atoms with E-state index in [1.54, 1.807) is 7.05 Å². The van der Waals surface area contributed by atoms with E-state index < -0.39 is 16.2 Å². The number of aromatic nitrogens is 2. The highest BCUT2D eigenvalue weighted by Crippen LogP contribution is 2.00. The van der Waals surface area contributed by atoms with E-state index in [4.69, 9.17) is 0 Å². The second-order valence-corrected chi connectivity index (χ2v) is 1.95. The Hall–Kier alpha value is -1.92. The van der Waals surface area contributed by atoms with Gasteiger partial charge in [-0.2, -0.15) is 0 Å². The SMILES string of the molecule is CNc1ncc([N+](=O)[O-])c(=O)[nH]1. The van der Waals surface area contributed by atoms with Crippen LogP contribution in [0.2, 0.25) is 0 Å². The molecule has 1 aromatic rings. The summed E-state index contributed by atoms with van der Waals surface area (Å²) in [5.41, 5.74) is -1.33. The molecule has 7 nitrogen and oxygen atoms in total. The van der Waals surface area contributed by atoms with Crippen molar-refractivity contribution in [2.45, 2.75) is 0 Å². The first-order chi connectivity index (χ1) is 5.65. The topological polar surface area (TPSA) is 101 Å². The van der Waals surface area contributed by atoms with Crippen molar-refractivity contribution >= 4 is 11.6 Å². The van der Waals surface area contributed by atoms with Gasteiger partial charge in [-0.25, -0.2) is 4.98 Å². The predicted molar refractivity (Wildman–Crippen MR) is 41.1 cm³/mol. The lowest BCUT2D eigenvalue weighted by molar-refractivity contribution is -0.386. The average Bonchev–Trinajstić information content (AvgIpc) is 2.03. The van der Waals surface area contributed by atoms with Gasteiger partial charge in [0.1, 0.15) is 6.20 Å². The van der Waals surface area contributed by atoms with Crippen molar-refractivity contribution < 1.29 is 4.92 Å². The Morgan fingerprint density at radius 3 is 2.83 bits per heavy atom. The van der Waals surface area contributed by atoms with Crippen molar-refractivity contribution in [1.82, 2.24) is 9.97 Å². The third-order valence-corrected chi connectivity index (χ3v) is 1.21. The molecule has 0 saturated heterocycles. The van der Waals surface area contributed by atoms with Crippen molar-refractivity contribution in [2.75, 3.05) is 12.4 Å². The van der Waals surface area contributed by atoms with Crippen LogP contribution in [0, 0.1) is 10.1 Å². The van der Waals surface area contributed by atoms with Gasteiger partial charge in [-0.1, -0.05) is 0 Å². The molecule has 0 amide bonds. The molecule has 0 aliphatic carbocycles. The van der Waals surface area contributed by atoms with Gasteiger partial charge < -0.3 is 5.32 Å². The molecule has 0 unspecified atom stereocenters. The molecule has 7 heteroatoms. The largest absolute Gasteiger partial charge is 0.359 e. The highest BCUT2D eigenvalue weighted by atomic mass is 16.6. The summed E-state index contributed by atoms with van der Waals surface area (Å²) in [4.78, 5) is 26.0. The molecule has 1 aromatic heterocycles. The third kappa shape index (κ3) is 1.39. The first-order valence-electron chi connectivity index (χ1n) is 3.06. The molecule has 0 aliphatic rings. The molecular weight excluding hydrogens is 164 g/mol. The van der Waals surface area contributed by atoms with Gasteiger partial charge in [-0.15, -0.1) is 0 Å². The van der Waals surface area contributed by atoms with Crippen molar-refractivity contribution in [3.8, 4) is 0 Å². The molecule has 0 spiro atoms. The Bertz CT molecular complexity index is 358. The lowest BCUT2D eigenvalue weighted by Gasteiger charge is -1.95. The molecule has 0 fully saturated rings. The summed E-state index contributed by atoms with van der Waals surface area (Å²) in [5.74, 6) is 0.200. The molecule has 0 bridgehead atoms. The maximum atomic E-state index is 10.9. The van der Waals surface area contributed by atoms with E-state index in [1.165, 1.54) is 0 Å². The predicted octanol–water partition coefficient (Wildman–Crippen LogP) is -0.280. The highest BCUT2D eigenvalue weighted by Gasteiger charge is 2.11. The van der Waals surface area contributed by atoms with E-state index in [-0.39, 0.29) is 5.95 Å². The smallest absolute Gasteiger partial charge is 0.352 e. The normalized spacial score (nSPS) is 9.42. The zero-order valence-corrected chi connectivity index (χ0v) is 6.20. The number of anilines is 1. The second kappa shape index (κ2) is 2.99. The maximum Gasteiger partial charge on any atom is 0.352 e. The fraction of sp³-hybridized carbons (Fsp3) is 0.200. The number of aromatic amines is 1. The minimum atomic E-state index is -0.786. The van der Waals surface area contributed by atoms with Gasteiger partial charge in [0.15, 0.2) is 0 Å². The molecule has 0 radical (unpaired) electrons. The van der Waals surface area contributed by atoms with Crippen LogP contribution in [0.4, 0.5) is 11.6 Å². The number of hydrogen-bond donors (Lipinski definition) is 2. The molecule has 0 aromatic carbocycles. The van der Waals surface area contributed by atoms with Crippen LogP contribution in [0.25, 0.3) is 0 Å². The Morgan fingerprint density at radius 1 is 1.75 bits per heavy atom. The van der Waals surface area contributed by atoms with Gasteiger partial charge in [0.25, 0.3) is 0 Å². The average molecular weight is 170 g/mol. The van der Waals surface area contributed by atoms with E-state index in [0.29, 0.717) is 0 Å². The zero-order chi connectivity index (χ0) is 9.14. The van der Waals surface area contributed by atoms with E-state index >= 15 is 0 Å². The van der Waals surface area contributed by atoms with Gasteiger partial charge in [0.2, 0.25) is 5.95 Å². The van der Waals surface area contributed by atoms with Crippen LogP contribution < -0.4 is 10.9 Å². The van der Waals surface area contributed by atoms with Crippen LogP contribution in [0.5, 0.6) is 0 Å². The number of hydrogen-bond acceptors (Lipinski definition) is 5. The van der Waals surface area contributed by atoms with Crippen molar-refractivity contribution in [3.05, 3.63) is 26.7 Å². The summed E-state index contributed by atoms with van der Waals surface area (Å²) in [7, 11) is 1.55. The Morgan fingerprint density at radius 2 is 2.42 bits per heavy atom. The number of nitro groups is 1. The summed E-state index contributed by atoms with van der Waals surface area (Å²) in [6.45, 7) is 0. The van der Waals surface area contributed by atoms with E-state index in [0.717, 1.165) is 6.20 Å². The van der Waals surface area contributed by atoms with Crippen LogP contribution in [-0.2, 0) is 0 Å². The number of H-pyrrole nitrogens is 1. The fourth-order valence-electron chi connectivity index (χ4n) is 0.645. The van der Waals surface area contributed by atoms with Gasteiger partial charge in [-0.3, -0.25) is 19.9 Å². The van der Waals surface area contributed by atoms with Crippen LogP contribution in [0.3, 0.4) is 0 Å². The first kappa shape index (κ1) is 8.18. The number of nitrogens with zero attached hydrogens (tertiary/aromatic N) is 2. The fourth-order valence-corrected chi connectivity index (χ4v) is 0.645. The first-order valence-corrected chi connectivity index (χ1v) is 3.06. The van der Waals surface area contributed by atoms with Gasteiger partial charge in [0.05, 0.1) is 4.92 Å². The van der Waals surface area contributed by atoms with Gasteiger partial charge >= 0.3 is 11.2 Å². The van der Waals surface area contributed by atoms with Crippen molar-refractivity contribution in [1.29, 1.82) is 0 Å². The van der Waals surface area contributed by atoms with E-state index in [1.807, 2.05) is 0 Å². The monoisotopic (exact) mass is 170 g/mol. The molecule has 1 rings (SSSR count). The summed E-state index contributed by atoms with van der Waals surface area (Å²) in [6.07, 6.45) is 0.907. The van der Waals surface area contributed by atoms with Crippen molar-refractivity contribution in [3.63, 3.8) is 0 Å². The zero-order valence-electron chi connectivity index (χ0n) is 6.20. The number of rotatable bonds is 2. The number of nitrogens with one attached hydrogen (secondary N) is 2. The molecule has 2 N–H and O–H groups in total. The van der Waals surface area contributed by atoms with Crippen LogP contribution in [0.1, 0.15) is 0 Å². The van der Waals surface area contributed by atoms with E-state index in [2.05, 4.69) is 15.3 Å². The van der Waals surface area contributed by atoms with Gasteiger partial charge in [-0.05, 0) is 0 Å². The lowest BCUT2D eigenvalue weighted by Crippen LogP contribution is -2.14. The minimum absolute atomic E-state index is 0.200. The third-order valence-electron chi connectivity index (χ3n) is 1.21. The standard InChI is InChI=1S/C5H6N4O3/c1-6-5-7-2-3(9(11)12)4(10)8-5/h2H,1H3,(H2,6,7,8,10). The van der Waals surface area contributed by atoms with Crippen molar-refractivity contribution in [2.24, 2.45) is 0 Å². The maximum absolute atomic E-state index is 10.9. The highest BCUT2D eigenvalue weighted by molar-refractivity contribution is 5.29. The lowest BCUT2D eigenvalue weighted by atomic mass is 10.5. The summed E-state index contributed by atoms with van der Waals surface area (Å²) >= 11 is 0. The van der Waals surface area contributed by atoms with Gasteiger partial charge in [0, 0.05) is 7.05 Å². The van der Waals surface area contributed by atoms with Crippen LogP contribution in [0.15, 0.2) is 11.0 Å². The van der Waals surface area contributed by atoms with Crippen LogP contribution in [-0.4, -0.2) is 21.9 Å².